The first-order valence-corrected chi connectivity index (χ1v) is 6.34. The monoisotopic (exact) mass is 309 g/mol. The molecule has 0 saturated heterocycles. The Morgan fingerprint density at radius 2 is 2.28 bits per heavy atom. The van der Waals surface area contributed by atoms with Crippen LogP contribution < -0.4 is 0 Å². The van der Waals surface area contributed by atoms with E-state index in [4.69, 9.17) is 4.74 Å². The molecule has 0 radical (unpaired) electrons. The third kappa shape index (κ3) is 2.46. The Kier molecular flexibility index (Phi) is 3.81. The fourth-order valence-electron chi connectivity index (χ4n) is 1.87. The third-order valence-corrected chi connectivity index (χ3v) is 3.10. The van der Waals surface area contributed by atoms with Crippen molar-refractivity contribution in [3.63, 3.8) is 0 Å². The van der Waals surface area contributed by atoms with E-state index in [9.17, 15) is 9.59 Å². The first-order chi connectivity index (χ1) is 8.65. The molecule has 0 saturated carbocycles. The Balaban J connectivity index is 2.45. The highest BCUT2D eigenvalue weighted by Gasteiger charge is 2.11. The van der Waals surface area contributed by atoms with Crippen LogP contribution in [0.1, 0.15) is 17.3 Å². The predicted octanol–water partition coefficient (Wildman–Crippen LogP) is 2.78. The number of esters is 1. The van der Waals surface area contributed by atoms with Gasteiger partial charge in [-0.05, 0) is 25.1 Å². The number of hydrogen-bond donors (Lipinski definition) is 0. The second-order valence-corrected chi connectivity index (χ2v) is 4.71. The van der Waals surface area contributed by atoms with Gasteiger partial charge in [-0.3, -0.25) is 9.59 Å². The summed E-state index contributed by atoms with van der Waals surface area (Å²) < 4.78 is 7.53. The summed E-state index contributed by atoms with van der Waals surface area (Å²) in [4.78, 5) is 22.5. The van der Waals surface area contributed by atoms with Crippen LogP contribution in [-0.2, 0) is 16.1 Å². The second-order valence-electron chi connectivity index (χ2n) is 3.80. The first kappa shape index (κ1) is 12.8. The third-order valence-electron chi connectivity index (χ3n) is 2.61. The molecule has 5 heteroatoms. The van der Waals surface area contributed by atoms with Gasteiger partial charge in [0.25, 0.3) is 0 Å². The molecule has 0 aliphatic heterocycles. The molecule has 1 aromatic heterocycles. The Hall–Kier alpha value is -1.62. The standard InChI is InChI=1S/C13H12BrNO3/c1-2-18-13(17)7-15-6-9(8-16)11-5-10(14)3-4-12(11)15/h3-6,8H,2,7H2,1H3. The van der Waals surface area contributed by atoms with Crippen molar-refractivity contribution < 1.29 is 14.3 Å². The molecule has 0 fully saturated rings. The van der Waals surface area contributed by atoms with Crippen molar-refractivity contribution in [2.24, 2.45) is 0 Å². The van der Waals surface area contributed by atoms with Gasteiger partial charge in [0, 0.05) is 27.1 Å². The summed E-state index contributed by atoms with van der Waals surface area (Å²) in [5.74, 6) is -0.310. The van der Waals surface area contributed by atoms with Crippen molar-refractivity contribution in [1.82, 2.24) is 4.57 Å². The number of carbonyl (C=O) groups is 2. The highest BCUT2D eigenvalue weighted by Crippen LogP contribution is 2.24. The Bertz CT molecular complexity index is 604. The van der Waals surface area contributed by atoms with Crippen molar-refractivity contribution in [2.45, 2.75) is 13.5 Å². The van der Waals surface area contributed by atoms with Gasteiger partial charge in [-0.25, -0.2) is 0 Å². The zero-order chi connectivity index (χ0) is 13.1. The molecule has 0 spiro atoms. The van der Waals surface area contributed by atoms with Gasteiger partial charge >= 0.3 is 5.97 Å². The van der Waals surface area contributed by atoms with E-state index < -0.39 is 0 Å². The summed E-state index contributed by atoms with van der Waals surface area (Å²) in [7, 11) is 0. The molecule has 0 atom stereocenters. The number of aromatic nitrogens is 1. The normalized spacial score (nSPS) is 10.6. The van der Waals surface area contributed by atoms with E-state index in [1.54, 1.807) is 17.7 Å². The lowest BCUT2D eigenvalue weighted by Gasteiger charge is -2.04. The minimum Gasteiger partial charge on any atom is -0.465 e. The summed E-state index contributed by atoms with van der Waals surface area (Å²) in [6.07, 6.45) is 2.46. The van der Waals surface area contributed by atoms with Crippen molar-refractivity contribution >= 4 is 39.1 Å². The van der Waals surface area contributed by atoms with Gasteiger partial charge in [0.2, 0.25) is 0 Å². The van der Waals surface area contributed by atoms with Crippen LogP contribution in [0, 0.1) is 0 Å². The second kappa shape index (κ2) is 5.35. The minimum atomic E-state index is -0.310. The van der Waals surface area contributed by atoms with Gasteiger partial charge in [-0.2, -0.15) is 0 Å². The van der Waals surface area contributed by atoms with E-state index in [0.717, 1.165) is 21.7 Å². The first-order valence-electron chi connectivity index (χ1n) is 5.55. The van der Waals surface area contributed by atoms with Gasteiger partial charge in [-0.1, -0.05) is 15.9 Å². The van der Waals surface area contributed by atoms with Gasteiger partial charge < -0.3 is 9.30 Å². The SMILES string of the molecule is CCOC(=O)Cn1cc(C=O)c2cc(Br)ccc21. The number of ether oxygens (including phenoxy) is 1. The van der Waals surface area contributed by atoms with Crippen LogP contribution in [0.25, 0.3) is 10.9 Å². The van der Waals surface area contributed by atoms with Crippen molar-refractivity contribution in [1.29, 1.82) is 0 Å². The van der Waals surface area contributed by atoms with Gasteiger partial charge in [0.15, 0.2) is 6.29 Å². The van der Waals surface area contributed by atoms with Crippen molar-refractivity contribution in [3.05, 3.63) is 34.4 Å². The number of fused-ring (bicyclic) bond motifs is 1. The van der Waals surface area contributed by atoms with Crippen LogP contribution in [0.15, 0.2) is 28.9 Å². The van der Waals surface area contributed by atoms with Crippen LogP contribution >= 0.6 is 15.9 Å². The van der Waals surface area contributed by atoms with Crippen LogP contribution in [0.4, 0.5) is 0 Å². The van der Waals surface area contributed by atoms with E-state index in [-0.39, 0.29) is 12.5 Å². The van der Waals surface area contributed by atoms with E-state index >= 15 is 0 Å². The zero-order valence-corrected chi connectivity index (χ0v) is 11.4. The van der Waals surface area contributed by atoms with Gasteiger partial charge in [0.05, 0.1) is 6.61 Å². The van der Waals surface area contributed by atoms with E-state index in [2.05, 4.69) is 15.9 Å². The van der Waals surface area contributed by atoms with E-state index in [0.29, 0.717) is 12.2 Å². The largest absolute Gasteiger partial charge is 0.465 e. The molecule has 0 amide bonds. The molecule has 0 bridgehead atoms. The molecule has 1 heterocycles. The lowest BCUT2D eigenvalue weighted by atomic mass is 10.2. The van der Waals surface area contributed by atoms with E-state index in [1.165, 1.54) is 0 Å². The molecular weight excluding hydrogens is 298 g/mol. The average molecular weight is 310 g/mol. The van der Waals surface area contributed by atoms with Crippen LogP contribution in [0.2, 0.25) is 0 Å². The minimum absolute atomic E-state index is 0.111. The van der Waals surface area contributed by atoms with Gasteiger partial charge in [-0.15, -0.1) is 0 Å². The number of carbonyl (C=O) groups excluding carboxylic acids is 2. The Morgan fingerprint density at radius 3 is 2.94 bits per heavy atom. The molecule has 4 nitrogen and oxygen atoms in total. The van der Waals surface area contributed by atoms with Crippen LogP contribution in [0.5, 0.6) is 0 Å². The van der Waals surface area contributed by atoms with E-state index in [1.807, 2.05) is 18.2 Å². The summed E-state index contributed by atoms with van der Waals surface area (Å²) in [5.41, 5.74) is 1.41. The molecule has 0 aliphatic carbocycles. The maximum absolute atomic E-state index is 11.5. The molecule has 2 aromatic rings. The fraction of sp³-hybridized carbons (Fsp3) is 0.231. The fourth-order valence-corrected chi connectivity index (χ4v) is 2.23. The molecule has 94 valence electrons. The molecule has 0 aliphatic rings. The van der Waals surface area contributed by atoms with Gasteiger partial charge in [0.1, 0.15) is 6.54 Å². The smallest absolute Gasteiger partial charge is 0.325 e. The van der Waals surface area contributed by atoms with Crippen LogP contribution in [0.3, 0.4) is 0 Å². The number of halogens is 1. The summed E-state index contributed by atoms with van der Waals surface area (Å²) >= 11 is 3.36. The summed E-state index contributed by atoms with van der Waals surface area (Å²) in [5, 5.41) is 0.823. The number of hydrogen-bond acceptors (Lipinski definition) is 3. The number of rotatable bonds is 4. The molecule has 0 N–H and O–H groups in total. The summed E-state index contributed by atoms with van der Waals surface area (Å²) in [6.45, 7) is 2.23. The Labute approximate surface area is 113 Å². The summed E-state index contributed by atoms with van der Waals surface area (Å²) in [6, 6.07) is 5.60. The molecule has 18 heavy (non-hydrogen) atoms. The highest BCUT2D eigenvalue weighted by molar-refractivity contribution is 9.10. The maximum atomic E-state index is 11.5. The lowest BCUT2D eigenvalue weighted by Crippen LogP contribution is -2.12. The number of aldehydes is 1. The molecule has 1 aromatic carbocycles. The number of benzene rings is 1. The van der Waals surface area contributed by atoms with Crippen LogP contribution in [-0.4, -0.2) is 23.4 Å². The topological polar surface area (TPSA) is 48.3 Å². The average Bonchev–Trinajstić information content (AvgIpc) is 2.67. The molecular formula is C13H12BrNO3. The molecule has 0 unspecified atom stereocenters. The lowest BCUT2D eigenvalue weighted by molar-refractivity contribution is -0.143. The predicted molar refractivity (Wildman–Crippen MR) is 71.7 cm³/mol. The maximum Gasteiger partial charge on any atom is 0.325 e. The Morgan fingerprint density at radius 1 is 1.50 bits per heavy atom. The van der Waals surface area contributed by atoms with Crippen molar-refractivity contribution in [3.8, 4) is 0 Å². The zero-order valence-electron chi connectivity index (χ0n) is 9.85. The number of nitrogens with zero attached hydrogens (tertiary/aromatic N) is 1. The highest BCUT2D eigenvalue weighted by atomic mass is 79.9. The molecule has 2 rings (SSSR count). The quantitative estimate of drug-likeness (QED) is 0.644. The van der Waals surface area contributed by atoms with Crippen molar-refractivity contribution in [2.75, 3.05) is 6.61 Å².